The van der Waals surface area contributed by atoms with Crippen molar-refractivity contribution in [2.75, 3.05) is 13.1 Å². The predicted molar refractivity (Wildman–Crippen MR) is 103 cm³/mol. The van der Waals surface area contributed by atoms with Gasteiger partial charge in [0.15, 0.2) is 0 Å². The van der Waals surface area contributed by atoms with Gasteiger partial charge in [0.2, 0.25) is 5.90 Å². The number of hydrogen-bond donors (Lipinski definition) is 0. The Hall–Kier alpha value is -2.38. The van der Waals surface area contributed by atoms with Gasteiger partial charge in [0.25, 0.3) is 0 Å². The lowest BCUT2D eigenvalue weighted by atomic mass is 10.2. The summed E-state index contributed by atoms with van der Waals surface area (Å²) in [5.74, 6) is -0.0554. The third-order valence-electron chi connectivity index (χ3n) is 3.93. The van der Waals surface area contributed by atoms with Crippen molar-refractivity contribution in [1.29, 1.82) is 0 Å². The fourth-order valence-corrected chi connectivity index (χ4v) is 3.43. The number of nitrogens with zero attached hydrogens (tertiary/aromatic N) is 4. The van der Waals surface area contributed by atoms with E-state index in [0.29, 0.717) is 18.0 Å². The Bertz CT molecular complexity index is 853. The van der Waals surface area contributed by atoms with E-state index in [1.165, 1.54) is 0 Å². The van der Waals surface area contributed by atoms with Crippen LogP contribution in [0.4, 0.5) is 0 Å². The number of benzene rings is 1. The molecule has 1 aromatic heterocycles. The Morgan fingerprint density at radius 2 is 2.12 bits per heavy atom. The van der Waals surface area contributed by atoms with Gasteiger partial charge >= 0.3 is 5.97 Å². The van der Waals surface area contributed by atoms with Crippen molar-refractivity contribution >= 4 is 23.8 Å². The lowest BCUT2D eigenvalue weighted by molar-refractivity contribution is -0.130. The second-order valence-corrected chi connectivity index (χ2v) is 7.03. The molecule has 3 rings (SSSR count). The van der Waals surface area contributed by atoms with Crippen LogP contribution in [-0.2, 0) is 23.0 Å². The molecule has 0 N–H and O–H groups in total. The van der Waals surface area contributed by atoms with Gasteiger partial charge in [0.1, 0.15) is 5.70 Å². The molecule has 0 saturated carbocycles. The molecule has 1 aromatic carbocycles. The molecule has 136 valence electrons. The van der Waals surface area contributed by atoms with Crippen molar-refractivity contribution in [2.24, 2.45) is 12.0 Å². The third-order valence-corrected chi connectivity index (χ3v) is 5.17. The van der Waals surface area contributed by atoms with Crippen LogP contribution in [0.15, 0.2) is 58.3 Å². The maximum absolute atomic E-state index is 12.1. The van der Waals surface area contributed by atoms with Crippen LogP contribution in [0.25, 0.3) is 0 Å². The average molecular weight is 370 g/mol. The SMILES string of the molecule is CCN(CC)Sc1cccc(C2=N/C(=C\Cc3cnn(C)c3)C(=O)O2)c1. The molecule has 0 aliphatic carbocycles. The summed E-state index contributed by atoms with van der Waals surface area (Å²) in [6.45, 7) is 6.18. The minimum absolute atomic E-state index is 0.339. The van der Waals surface area contributed by atoms with Crippen LogP contribution in [0.5, 0.6) is 0 Å². The topological polar surface area (TPSA) is 59.7 Å². The van der Waals surface area contributed by atoms with E-state index in [9.17, 15) is 4.79 Å². The summed E-state index contributed by atoms with van der Waals surface area (Å²) in [6, 6.07) is 7.90. The van der Waals surface area contributed by atoms with Crippen LogP contribution in [0.2, 0.25) is 0 Å². The fourth-order valence-electron chi connectivity index (χ4n) is 2.55. The van der Waals surface area contributed by atoms with E-state index in [4.69, 9.17) is 4.74 Å². The summed E-state index contributed by atoms with van der Waals surface area (Å²) in [5, 5.41) is 4.12. The van der Waals surface area contributed by atoms with Crippen LogP contribution >= 0.6 is 11.9 Å². The number of hydrogen-bond acceptors (Lipinski definition) is 6. The van der Waals surface area contributed by atoms with Crippen molar-refractivity contribution in [3.8, 4) is 0 Å². The normalized spacial score (nSPS) is 15.6. The highest BCUT2D eigenvalue weighted by molar-refractivity contribution is 7.97. The second-order valence-electron chi connectivity index (χ2n) is 5.86. The van der Waals surface area contributed by atoms with Gasteiger partial charge < -0.3 is 4.74 Å². The summed E-state index contributed by atoms with van der Waals surface area (Å²) < 4.78 is 9.35. The van der Waals surface area contributed by atoms with Gasteiger partial charge in [-0.05, 0) is 48.2 Å². The minimum Gasteiger partial charge on any atom is -0.402 e. The number of aryl methyl sites for hydroxylation is 1. The Labute approximate surface area is 157 Å². The number of cyclic esters (lactones) is 1. The maximum Gasteiger partial charge on any atom is 0.363 e. The first kappa shape index (κ1) is 18.4. The number of rotatable bonds is 7. The number of aromatic nitrogens is 2. The van der Waals surface area contributed by atoms with E-state index in [-0.39, 0.29) is 0 Å². The number of ether oxygens (including phenoxy) is 1. The van der Waals surface area contributed by atoms with Crippen molar-refractivity contribution in [3.05, 3.63) is 59.6 Å². The van der Waals surface area contributed by atoms with E-state index in [2.05, 4.69) is 28.2 Å². The Morgan fingerprint density at radius 1 is 1.31 bits per heavy atom. The highest BCUT2D eigenvalue weighted by Crippen LogP contribution is 2.25. The first-order chi connectivity index (χ1) is 12.6. The van der Waals surface area contributed by atoms with E-state index in [0.717, 1.165) is 29.1 Å². The number of esters is 1. The van der Waals surface area contributed by atoms with Crippen LogP contribution in [-0.4, -0.2) is 39.0 Å². The highest BCUT2D eigenvalue weighted by Gasteiger charge is 2.24. The Morgan fingerprint density at radius 3 is 2.81 bits per heavy atom. The first-order valence-electron chi connectivity index (χ1n) is 8.61. The molecule has 7 heteroatoms. The van der Waals surface area contributed by atoms with E-state index in [1.807, 2.05) is 37.5 Å². The molecule has 0 spiro atoms. The number of carbonyl (C=O) groups excluding carboxylic acids is 1. The zero-order valence-corrected chi connectivity index (χ0v) is 16.0. The van der Waals surface area contributed by atoms with E-state index in [1.54, 1.807) is 28.9 Å². The van der Waals surface area contributed by atoms with Crippen LogP contribution in [0.3, 0.4) is 0 Å². The van der Waals surface area contributed by atoms with E-state index >= 15 is 0 Å². The summed E-state index contributed by atoms with van der Waals surface area (Å²) in [6.07, 6.45) is 6.06. The number of allylic oxidation sites excluding steroid dienone is 1. The van der Waals surface area contributed by atoms with Crippen LogP contribution in [0.1, 0.15) is 25.0 Å². The monoisotopic (exact) mass is 370 g/mol. The Balaban J connectivity index is 1.75. The smallest absolute Gasteiger partial charge is 0.363 e. The van der Waals surface area contributed by atoms with Crippen LogP contribution in [0, 0.1) is 0 Å². The highest BCUT2D eigenvalue weighted by atomic mass is 32.2. The van der Waals surface area contributed by atoms with Gasteiger partial charge in [-0.1, -0.05) is 19.9 Å². The largest absolute Gasteiger partial charge is 0.402 e. The Kier molecular flexibility index (Phi) is 5.90. The van der Waals surface area contributed by atoms with Crippen LogP contribution < -0.4 is 0 Å². The molecule has 0 amide bonds. The minimum atomic E-state index is -0.411. The molecule has 2 heterocycles. The molecular weight excluding hydrogens is 348 g/mol. The van der Waals surface area contributed by atoms with Gasteiger partial charge in [-0.3, -0.25) is 4.68 Å². The molecule has 2 aromatic rings. The molecule has 0 radical (unpaired) electrons. The molecule has 1 aliphatic heterocycles. The summed E-state index contributed by atoms with van der Waals surface area (Å²) in [7, 11) is 1.86. The van der Waals surface area contributed by atoms with Gasteiger partial charge in [0.05, 0.1) is 6.20 Å². The summed E-state index contributed by atoms with van der Waals surface area (Å²) in [4.78, 5) is 17.6. The van der Waals surface area contributed by atoms with Gasteiger partial charge in [-0.2, -0.15) is 5.10 Å². The molecule has 0 atom stereocenters. The molecule has 0 fully saturated rings. The first-order valence-corrected chi connectivity index (χ1v) is 9.38. The summed E-state index contributed by atoms with van der Waals surface area (Å²) >= 11 is 1.69. The lowest BCUT2D eigenvalue weighted by Crippen LogP contribution is -2.13. The standard InChI is InChI=1S/C19H22N4O2S/c1-4-23(5-2)26-16-8-6-7-15(11-16)18-21-17(19(24)25-18)10-9-14-12-20-22(3)13-14/h6-8,10-13H,4-5,9H2,1-3H3/b17-10-. The molecule has 6 nitrogen and oxygen atoms in total. The van der Waals surface area contributed by atoms with Crippen molar-refractivity contribution < 1.29 is 9.53 Å². The van der Waals surface area contributed by atoms with Crippen molar-refractivity contribution in [3.63, 3.8) is 0 Å². The van der Waals surface area contributed by atoms with Gasteiger partial charge in [0, 0.05) is 36.8 Å². The zero-order valence-electron chi connectivity index (χ0n) is 15.2. The number of aliphatic imine (C=N–C) groups is 1. The summed E-state index contributed by atoms with van der Waals surface area (Å²) in [5.41, 5.74) is 2.17. The second kappa shape index (κ2) is 8.33. The molecule has 1 aliphatic rings. The predicted octanol–water partition coefficient (Wildman–Crippen LogP) is 3.20. The molecule has 0 saturated heterocycles. The lowest BCUT2D eigenvalue weighted by Gasteiger charge is -2.16. The zero-order chi connectivity index (χ0) is 18.5. The molecule has 0 unspecified atom stereocenters. The number of carbonyl (C=O) groups is 1. The maximum atomic E-state index is 12.1. The van der Waals surface area contributed by atoms with Gasteiger partial charge in [-0.25, -0.2) is 14.1 Å². The quantitative estimate of drug-likeness (QED) is 0.426. The average Bonchev–Trinajstić information content (AvgIpc) is 3.23. The van der Waals surface area contributed by atoms with Crippen molar-refractivity contribution in [2.45, 2.75) is 25.2 Å². The van der Waals surface area contributed by atoms with E-state index < -0.39 is 5.97 Å². The fraction of sp³-hybridized carbons (Fsp3) is 0.316. The molecule has 0 bridgehead atoms. The molecular formula is C19H22N4O2S. The third kappa shape index (κ3) is 4.42. The van der Waals surface area contributed by atoms with Crippen molar-refractivity contribution in [1.82, 2.24) is 14.1 Å². The van der Waals surface area contributed by atoms with Gasteiger partial charge in [-0.15, -0.1) is 0 Å². The molecule has 26 heavy (non-hydrogen) atoms.